The zero-order valence-corrected chi connectivity index (χ0v) is 6.39. The molecule has 60 valence electrons. The highest BCUT2D eigenvalue weighted by Crippen LogP contribution is 2.16. The van der Waals surface area contributed by atoms with Crippen LogP contribution in [0.4, 0.5) is 8.78 Å². The molecule has 0 unspecified atom stereocenters. The van der Waals surface area contributed by atoms with Gasteiger partial charge in [0, 0.05) is 4.90 Å². The molecule has 0 N–H and O–H groups in total. The molecule has 0 fully saturated rings. The van der Waals surface area contributed by atoms with Crippen molar-refractivity contribution in [2.45, 2.75) is 11.5 Å². The van der Waals surface area contributed by atoms with Gasteiger partial charge in [0.25, 0.3) is 0 Å². The summed E-state index contributed by atoms with van der Waals surface area (Å²) in [6.45, 7) is -2.76. The normalized spacial score (nSPS) is 10.2. The first-order valence-electron chi connectivity index (χ1n) is 2.92. The van der Waals surface area contributed by atoms with Crippen molar-refractivity contribution in [1.82, 2.24) is 0 Å². The van der Waals surface area contributed by atoms with Crippen LogP contribution in [0.3, 0.4) is 0 Å². The number of alkyl halides is 2. The van der Waals surface area contributed by atoms with E-state index < -0.39 is 6.61 Å². The standard InChI is InChI=1S/C7H6F2OS/c8-7(9)10-5-1-3-6(11)4-2-5/h1-4,7,11H. The van der Waals surface area contributed by atoms with Crippen molar-refractivity contribution in [3.63, 3.8) is 0 Å². The number of rotatable bonds is 2. The summed E-state index contributed by atoms with van der Waals surface area (Å²) in [4.78, 5) is 0.714. The number of hydrogen-bond acceptors (Lipinski definition) is 2. The predicted octanol–water partition coefficient (Wildman–Crippen LogP) is 2.58. The molecule has 0 saturated carbocycles. The fourth-order valence-electron chi connectivity index (χ4n) is 0.628. The first-order valence-corrected chi connectivity index (χ1v) is 3.37. The Morgan fingerprint density at radius 1 is 1.18 bits per heavy atom. The van der Waals surface area contributed by atoms with Gasteiger partial charge in [-0.25, -0.2) is 0 Å². The maximum absolute atomic E-state index is 11.6. The maximum Gasteiger partial charge on any atom is 0.387 e. The average Bonchev–Trinajstić information content (AvgIpc) is 1.93. The molecule has 0 aliphatic rings. The molecule has 0 aliphatic heterocycles. The molecule has 0 radical (unpaired) electrons. The van der Waals surface area contributed by atoms with Crippen LogP contribution in [-0.2, 0) is 0 Å². The number of halogens is 2. The van der Waals surface area contributed by atoms with Gasteiger partial charge in [-0.3, -0.25) is 0 Å². The van der Waals surface area contributed by atoms with Crippen LogP contribution in [0.2, 0.25) is 0 Å². The van der Waals surface area contributed by atoms with Crippen LogP contribution in [0, 0.1) is 0 Å². The Bertz CT molecular complexity index is 222. The third-order valence-electron chi connectivity index (χ3n) is 1.06. The Balaban J connectivity index is 2.66. The van der Waals surface area contributed by atoms with Crippen molar-refractivity contribution >= 4 is 12.6 Å². The Morgan fingerprint density at radius 2 is 1.73 bits per heavy atom. The molecule has 0 saturated heterocycles. The van der Waals surface area contributed by atoms with Crippen molar-refractivity contribution in [3.8, 4) is 5.75 Å². The second-order valence-corrected chi connectivity index (χ2v) is 2.39. The lowest BCUT2D eigenvalue weighted by molar-refractivity contribution is -0.0498. The molecule has 1 nitrogen and oxygen atoms in total. The second kappa shape index (κ2) is 3.57. The van der Waals surface area contributed by atoms with Crippen LogP contribution in [-0.4, -0.2) is 6.61 Å². The summed E-state index contributed by atoms with van der Waals surface area (Å²) in [7, 11) is 0. The molecule has 0 bridgehead atoms. The summed E-state index contributed by atoms with van der Waals surface area (Å²) in [5.41, 5.74) is 0. The van der Waals surface area contributed by atoms with Gasteiger partial charge in [-0.15, -0.1) is 12.6 Å². The van der Waals surface area contributed by atoms with E-state index in [1.165, 1.54) is 12.1 Å². The zero-order chi connectivity index (χ0) is 8.27. The topological polar surface area (TPSA) is 9.23 Å². The number of ether oxygens (including phenoxy) is 1. The van der Waals surface area contributed by atoms with Crippen molar-refractivity contribution in [2.24, 2.45) is 0 Å². The average molecular weight is 176 g/mol. The van der Waals surface area contributed by atoms with E-state index in [1.807, 2.05) is 0 Å². The van der Waals surface area contributed by atoms with Gasteiger partial charge in [-0.1, -0.05) is 0 Å². The Morgan fingerprint density at radius 3 is 2.18 bits per heavy atom. The van der Waals surface area contributed by atoms with Gasteiger partial charge in [0.2, 0.25) is 0 Å². The summed E-state index contributed by atoms with van der Waals surface area (Å²) in [6, 6.07) is 6.05. The Kier molecular flexibility index (Phi) is 2.70. The SMILES string of the molecule is FC(F)Oc1ccc(S)cc1. The van der Waals surface area contributed by atoms with E-state index in [-0.39, 0.29) is 5.75 Å². The zero-order valence-electron chi connectivity index (χ0n) is 5.50. The minimum atomic E-state index is -2.76. The highest BCUT2D eigenvalue weighted by Gasteiger charge is 2.02. The van der Waals surface area contributed by atoms with E-state index in [9.17, 15) is 8.78 Å². The third kappa shape index (κ3) is 2.76. The van der Waals surface area contributed by atoms with E-state index in [0.29, 0.717) is 4.90 Å². The van der Waals surface area contributed by atoms with E-state index in [1.54, 1.807) is 12.1 Å². The van der Waals surface area contributed by atoms with Crippen molar-refractivity contribution < 1.29 is 13.5 Å². The first-order chi connectivity index (χ1) is 5.18. The van der Waals surface area contributed by atoms with E-state index in [2.05, 4.69) is 17.4 Å². The number of thiol groups is 1. The highest BCUT2D eigenvalue weighted by atomic mass is 32.1. The molecule has 1 aromatic carbocycles. The summed E-state index contributed by atoms with van der Waals surface area (Å²) >= 11 is 3.98. The molecule has 0 atom stereocenters. The van der Waals surface area contributed by atoms with Crippen LogP contribution in [0.5, 0.6) is 5.75 Å². The van der Waals surface area contributed by atoms with E-state index >= 15 is 0 Å². The molecule has 0 aromatic heterocycles. The quantitative estimate of drug-likeness (QED) is 0.681. The summed E-state index contributed by atoms with van der Waals surface area (Å²) in [6.07, 6.45) is 0. The summed E-state index contributed by atoms with van der Waals surface area (Å²) < 4.78 is 27.3. The first kappa shape index (κ1) is 8.33. The minimum Gasteiger partial charge on any atom is -0.435 e. The molecular formula is C7H6F2OS. The Labute approximate surface area is 68.4 Å². The molecule has 0 aliphatic carbocycles. The van der Waals surface area contributed by atoms with Gasteiger partial charge >= 0.3 is 6.61 Å². The lowest BCUT2D eigenvalue weighted by atomic mass is 10.3. The predicted molar refractivity (Wildman–Crippen MR) is 40.3 cm³/mol. The Hall–Kier alpha value is -0.770. The van der Waals surface area contributed by atoms with E-state index in [4.69, 9.17) is 0 Å². The van der Waals surface area contributed by atoms with Gasteiger partial charge in [0.15, 0.2) is 0 Å². The van der Waals surface area contributed by atoms with Gasteiger partial charge in [-0.2, -0.15) is 8.78 Å². The number of hydrogen-bond donors (Lipinski definition) is 1. The maximum atomic E-state index is 11.6. The molecule has 4 heteroatoms. The van der Waals surface area contributed by atoms with Crippen LogP contribution < -0.4 is 4.74 Å². The highest BCUT2D eigenvalue weighted by molar-refractivity contribution is 7.80. The molecular weight excluding hydrogens is 170 g/mol. The monoisotopic (exact) mass is 176 g/mol. The second-order valence-electron chi connectivity index (χ2n) is 1.87. The largest absolute Gasteiger partial charge is 0.435 e. The third-order valence-corrected chi connectivity index (χ3v) is 1.36. The number of benzene rings is 1. The summed E-state index contributed by atoms with van der Waals surface area (Å²) in [5.74, 6) is 0.151. The van der Waals surface area contributed by atoms with Crippen LogP contribution in [0.1, 0.15) is 0 Å². The van der Waals surface area contributed by atoms with Crippen molar-refractivity contribution in [2.75, 3.05) is 0 Å². The van der Waals surface area contributed by atoms with Gasteiger partial charge in [-0.05, 0) is 24.3 Å². The van der Waals surface area contributed by atoms with Gasteiger partial charge in [0.1, 0.15) is 5.75 Å². The fourth-order valence-corrected chi connectivity index (χ4v) is 0.777. The molecule has 0 amide bonds. The molecule has 0 heterocycles. The van der Waals surface area contributed by atoms with Crippen molar-refractivity contribution in [3.05, 3.63) is 24.3 Å². The van der Waals surface area contributed by atoms with Crippen LogP contribution in [0.25, 0.3) is 0 Å². The molecule has 11 heavy (non-hydrogen) atoms. The molecule has 1 rings (SSSR count). The molecule has 0 spiro atoms. The van der Waals surface area contributed by atoms with Crippen LogP contribution >= 0.6 is 12.6 Å². The summed E-state index contributed by atoms with van der Waals surface area (Å²) in [5, 5.41) is 0. The smallest absolute Gasteiger partial charge is 0.387 e. The lowest BCUT2D eigenvalue weighted by Crippen LogP contribution is -2.01. The fraction of sp³-hybridized carbons (Fsp3) is 0.143. The lowest BCUT2D eigenvalue weighted by Gasteiger charge is -2.02. The molecule has 1 aromatic rings. The van der Waals surface area contributed by atoms with Gasteiger partial charge < -0.3 is 4.74 Å². The minimum absolute atomic E-state index is 0.151. The van der Waals surface area contributed by atoms with E-state index in [0.717, 1.165) is 0 Å². The van der Waals surface area contributed by atoms with Crippen molar-refractivity contribution in [1.29, 1.82) is 0 Å². The van der Waals surface area contributed by atoms with Gasteiger partial charge in [0.05, 0.1) is 0 Å². The van der Waals surface area contributed by atoms with Crippen LogP contribution in [0.15, 0.2) is 29.2 Å².